The fourth-order valence-corrected chi connectivity index (χ4v) is 4.27. The third kappa shape index (κ3) is 3.81. The van der Waals surface area contributed by atoms with E-state index in [9.17, 15) is 9.32 Å². The molecule has 0 amide bonds. The summed E-state index contributed by atoms with van der Waals surface area (Å²) in [4.78, 5) is 0. The van der Waals surface area contributed by atoms with Crippen molar-refractivity contribution in [2.75, 3.05) is 5.75 Å². The molecule has 1 N–H and O–H groups in total. The van der Waals surface area contributed by atoms with Crippen molar-refractivity contribution < 1.29 is 9.32 Å². The molecule has 3 heteroatoms. The molecular weight excluding hydrogens is 316 g/mol. The number of hydrogen-bond acceptors (Lipinski definition) is 2. The van der Waals surface area contributed by atoms with E-state index in [2.05, 4.69) is 0 Å². The van der Waals surface area contributed by atoms with Crippen LogP contribution >= 0.6 is 0 Å². The van der Waals surface area contributed by atoms with Gasteiger partial charge in [-0.1, -0.05) is 91.0 Å². The fraction of sp³-hybridized carbons (Fsp3) is 0.143. The second-order valence-corrected chi connectivity index (χ2v) is 7.26. The summed E-state index contributed by atoms with van der Waals surface area (Å²) in [5.41, 5.74) is 1.27. The molecule has 0 aliphatic rings. The van der Waals surface area contributed by atoms with Crippen LogP contribution in [0.3, 0.4) is 0 Å². The summed E-state index contributed by atoms with van der Waals surface area (Å²) in [6.45, 7) is 0. The largest absolute Gasteiger partial charge is 0.379 e. The second-order valence-electron chi connectivity index (χ2n) is 5.81. The van der Waals surface area contributed by atoms with Crippen molar-refractivity contribution in [3.8, 4) is 0 Å². The molecule has 0 fully saturated rings. The standard InChI is InChI=1S/C21H20O2S/c22-21(19-12-6-2-7-13-19,20-14-8-3-9-15-20)17-24(23)16-18-10-4-1-5-11-18/h1-15,22H,16-17H2/t24-/m1/s1. The Labute approximate surface area is 145 Å². The van der Waals surface area contributed by atoms with Crippen molar-refractivity contribution >= 4 is 10.8 Å². The lowest BCUT2D eigenvalue weighted by Gasteiger charge is -2.29. The molecular formula is C21H20O2S. The second kappa shape index (κ2) is 7.56. The maximum absolute atomic E-state index is 12.7. The Morgan fingerprint density at radius 1 is 0.708 bits per heavy atom. The van der Waals surface area contributed by atoms with Crippen LogP contribution in [0.2, 0.25) is 0 Å². The Balaban J connectivity index is 1.90. The van der Waals surface area contributed by atoms with Crippen LogP contribution < -0.4 is 0 Å². The topological polar surface area (TPSA) is 37.3 Å². The Kier molecular flexibility index (Phi) is 5.24. The third-order valence-corrected chi connectivity index (χ3v) is 5.44. The predicted octanol–water partition coefficient (Wildman–Crippen LogP) is 3.87. The van der Waals surface area contributed by atoms with E-state index in [1.165, 1.54) is 0 Å². The van der Waals surface area contributed by atoms with Gasteiger partial charge in [-0.3, -0.25) is 4.21 Å². The van der Waals surface area contributed by atoms with Crippen LogP contribution in [-0.2, 0) is 22.2 Å². The van der Waals surface area contributed by atoms with Crippen molar-refractivity contribution in [1.82, 2.24) is 0 Å². The van der Waals surface area contributed by atoms with E-state index in [0.717, 1.165) is 16.7 Å². The normalized spacial score (nSPS) is 12.7. The van der Waals surface area contributed by atoms with Gasteiger partial charge in [0.15, 0.2) is 0 Å². The molecule has 3 aromatic carbocycles. The number of aliphatic hydroxyl groups is 1. The van der Waals surface area contributed by atoms with Gasteiger partial charge in [-0.2, -0.15) is 0 Å². The Morgan fingerprint density at radius 3 is 1.58 bits per heavy atom. The highest BCUT2D eigenvalue weighted by Gasteiger charge is 2.33. The predicted molar refractivity (Wildman–Crippen MR) is 99.0 cm³/mol. The van der Waals surface area contributed by atoms with Gasteiger partial charge in [0.1, 0.15) is 5.60 Å². The van der Waals surface area contributed by atoms with E-state index in [4.69, 9.17) is 0 Å². The molecule has 2 nitrogen and oxygen atoms in total. The van der Waals surface area contributed by atoms with E-state index in [1.54, 1.807) is 0 Å². The summed E-state index contributed by atoms with van der Waals surface area (Å²) < 4.78 is 12.7. The molecule has 0 saturated carbocycles. The zero-order valence-corrected chi connectivity index (χ0v) is 14.2. The van der Waals surface area contributed by atoms with Crippen LogP contribution in [0, 0.1) is 0 Å². The molecule has 0 saturated heterocycles. The van der Waals surface area contributed by atoms with Crippen LogP contribution in [0.15, 0.2) is 91.0 Å². The Hall–Kier alpha value is -2.23. The van der Waals surface area contributed by atoms with Gasteiger partial charge in [-0.05, 0) is 16.7 Å². The lowest BCUT2D eigenvalue weighted by molar-refractivity contribution is 0.106. The molecule has 3 rings (SSSR count). The Morgan fingerprint density at radius 2 is 1.12 bits per heavy atom. The smallest absolute Gasteiger partial charge is 0.126 e. The summed E-state index contributed by atoms with van der Waals surface area (Å²) >= 11 is 0. The van der Waals surface area contributed by atoms with Gasteiger partial charge >= 0.3 is 0 Å². The highest BCUT2D eigenvalue weighted by molar-refractivity contribution is 7.84. The zero-order valence-electron chi connectivity index (χ0n) is 13.3. The molecule has 0 bridgehead atoms. The molecule has 1 atom stereocenters. The zero-order chi connectivity index (χ0) is 16.8. The molecule has 0 aromatic heterocycles. The van der Waals surface area contributed by atoms with E-state index in [1.807, 2.05) is 91.0 Å². The minimum atomic E-state index is -1.26. The molecule has 0 aliphatic carbocycles. The van der Waals surface area contributed by atoms with Crippen LogP contribution in [0.25, 0.3) is 0 Å². The van der Waals surface area contributed by atoms with Gasteiger partial charge < -0.3 is 5.11 Å². The molecule has 3 aromatic rings. The number of rotatable bonds is 6. The van der Waals surface area contributed by atoms with Gasteiger partial charge in [0, 0.05) is 16.6 Å². The number of benzene rings is 3. The van der Waals surface area contributed by atoms with E-state index in [-0.39, 0.29) is 5.75 Å². The molecule has 0 unspecified atom stereocenters. The fourth-order valence-electron chi connectivity index (χ4n) is 2.81. The number of hydrogen-bond donors (Lipinski definition) is 1. The average molecular weight is 336 g/mol. The van der Waals surface area contributed by atoms with E-state index in [0.29, 0.717) is 5.75 Å². The molecule has 0 aliphatic heterocycles. The summed E-state index contributed by atoms with van der Waals surface area (Å²) in [6.07, 6.45) is 0. The maximum atomic E-state index is 12.7. The summed E-state index contributed by atoms with van der Waals surface area (Å²) in [6, 6.07) is 28.7. The van der Waals surface area contributed by atoms with Gasteiger partial charge in [-0.15, -0.1) is 0 Å². The highest BCUT2D eigenvalue weighted by Crippen LogP contribution is 2.31. The average Bonchev–Trinajstić information content (AvgIpc) is 2.64. The molecule has 0 spiro atoms. The van der Waals surface area contributed by atoms with Gasteiger partial charge in [0.05, 0.1) is 5.75 Å². The minimum Gasteiger partial charge on any atom is -0.379 e. The molecule has 0 heterocycles. The van der Waals surface area contributed by atoms with Gasteiger partial charge in [0.25, 0.3) is 0 Å². The minimum absolute atomic E-state index is 0.163. The summed E-state index contributed by atoms with van der Waals surface area (Å²) in [7, 11) is -1.19. The molecule has 0 radical (unpaired) electrons. The first-order valence-electron chi connectivity index (χ1n) is 7.91. The van der Waals surface area contributed by atoms with Gasteiger partial charge in [-0.25, -0.2) is 0 Å². The van der Waals surface area contributed by atoms with Crippen molar-refractivity contribution in [3.05, 3.63) is 108 Å². The maximum Gasteiger partial charge on any atom is 0.126 e. The van der Waals surface area contributed by atoms with Gasteiger partial charge in [0.2, 0.25) is 0 Å². The highest BCUT2D eigenvalue weighted by atomic mass is 32.2. The first-order valence-corrected chi connectivity index (χ1v) is 9.39. The first-order chi connectivity index (χ1) is 11.7. The van der Waals surface area contributed by atoms with Crippen LogP contribution in [0.5, 0.6) is 0 Å². The van der Waals surface area contributed by atoms with Crippen LogP contribution in [0.1, 0.15) is 16.7 Å². The van der Waals surface area contributed by atoms with Crippen molar-refractivity contribution in [2.24, 2.45) is 0 Å². The summed E-state index contributed by atoms with van der Waals surface area (Å²) in [5.74, 6) is 0.596. The quantitative estimate of drug-likeness (QED) is 0.742. The Bertz CT molecular complexity index is 746. The van der Waals surface area contributed by atoms with E-state index < -0.39 is 16.4 Å². The lowest BCUT2D eigenvalue weighted by Crippen LogP contribution is -2.34. The molecule has 122 valence electrons. The molecule has 24 heavy (non-hydrogen) atoms. The summed E-state index contributed by atoms with van der Waals surface area (Å²) in [5, 5.41) is 11.4. The van der Waals surface area contributed by atoms with E-state index >= 15 is 0 Å². The first kappa shape index (κ1) is 16.6. The van der Waals surface area contributed by atoms with Crippen LogP contribution in [0.4, 0.5) is 0 Å². The van der Waals surface area contributed by atoms with Crippen molar-refractivity contribution in [3.63, 3.8) is 0 Å². The van der Waals surface area contributed by atoms with Crippen molar-refractivity contribution in [1.29, 1.82) is 0 Å². The van der Waals surface area contributed by atoms with Crippen LogP contribution in [-0.4, -0.2) is 15.1 Å². The monoisotopic (exact) mass is 336 g/mol. The SMILES string of the molecule is O=[S@](Cc1ccccc1)CC(O)(c1ccccc1)c1ccccc1. The lowest BCUT2D eigenvalue weighted by atomic mass is 9.88. The van der Waals surface area contributed by atoms with Crippen molar-refractivity contribution in [2.45, 2.75) is 11.4 Å². The third-order valence-electron chi connectivity index (χ3n) is 4.04.